The number of nitrogens with zero attached hydrogens (tertiary/aromatic N) is 1. The fourth-order valence-corrected chi connectivity index (χ4v) is 3.37. The summed E-state index contributed by atoms with van der Waals surface area (Å²) in [5.41, 5.74) is 0.456. The molecule has 17 heavy (non-hydrogen) atoms. The van der Waals surface area contributed by atoms with Gasteiger partial charge in [0.05, 0.1) is 16.7 Å². The second-order valence-corrected chi connectivity index (χ2v) is 6.90. The van der Waals surface area contributed by atoms with Crippen LogP contribution >= 0.6 is 11.5 Å². The number of sulfonamides is 1. The van der Waals surface area contributed by atoms with Crippen LogP contribution in [0.4, 0.5) is 5.00 Å². The van der Waals surface area contributed by atoms with E-state index < -0.39 is 20.7 Å². The molecule has 0 aliphatic rings. The van der Waals surface area contributed by atoms with E-state index in [1.165, 1.54) is 18.2 Å². The number of hydrogen-bond donors (Lipinski definition) is 2. The first-order valence-corrected chi connectivity index (χ1v) is 8.23. The van der Waals surface area contributed by atoms with Gasteiger partial charge in [0.1, 0.15) is 5.00 Å². The maximum absolute atomic E-state index is 11.1. The Kier molecular flexibility index (Phi) is 3.06. The van der Waals surface area contributed by atoms with Gasteiger partial charge < -0.3 is 0 Å². The van der Waals surface area contributed by atoms with Crippen LogP contribution < -0.4 is 4.72 Å². The Morgan fingerprint density at radius 3 is 2.65 bits per heavy atom. The zero-order valence-electron chi connectivity index (χ0n) is 8.58. The van der Waals surface area contributed by atoms with Crippen LogP contribution in [0.2, 0.25) is 0 Å². The van der Waals surface area contributed by atoms with Crippen molar-refractivity contribution in [1.82, 2.24) is 4.37 Å². The van der Waals surface area contributed by atoms with Gasteiger partial charge in [0, 0.05) is 5.39 Å². The number of rotatable bonds is 3. The lowest BCUT2D eigenvalue weighted by Gasteiger charge is -1.99. The molecule has 2 aromatic rings. The third-order valence-electron chi connectivity index (χ3n) is 1.95. The number of hydrogen-bond acceptors (Lipinski definition) is 6. The molecule has 0 saturated carbocycles. The minimum atomic E-state index is -3.36. The van der Waals surface area contributed by atoms with E-state index in [0.29, 0.717) is 15.9 Å². The smallest absolute Gasteiger partial charge is 0.230 e. The van der Waals surface area contributed by atoms with Crippen LogP contribution in [-0.4, -0.2) is 27.5 Å². The largest absolute Gasteiger partial charge is 0.273 e. The van der Waals surface area contributed by atoms with Gasteiger partial charge in [0.15, 0.2) is 10.7 Å². The predicted octanol–water partition coefficient (Wildman–Crippen LogP) is 0.638. The van der Waals surface area contributed by atoms with E-state index in [9.17, 15) is 16.8 Å². The molecule has 6 nitrogen and oxygen atoms in total. The molecule has 0 bridgehead atoms. The normalized spacial score (nSPS) is 12.1. The maximum Gasteiger partial charge on any atom is 0.230 e. The van der Waals surface area contributed by atoms with E-state index in [-0.39, 0.29) is 4.90 Å². The van der Waals surface area contributed by atoms with Crippen LogP contribution in [0.1, 0.15) is 0 Å². The zero-order valence-corrected chi connectivity index (χ0v) is 11.1. The molecule has 2 rings (SSSR count). The van der Waals surface area contributed by atoms with Gasteiger partial charge in [0.2, 0.25) is 10.0 Å². The Hall–Kier alpha value is -1.19. The molecule has 0 fully saturated rings. The highest BCUT2D eigenvalue weighted by Gasteiger charge is 2.10. The lowest BCUT2D eigenvalue weighted by Crippen LogP contribution is -2.08. The van der Waals surface area contributed by atoms with Crippen LogP contribution in [0.3, 0.4) is 0 Å². The summed E-state index contributed by atoms with van der Waals surface area (Å²) in [6.45, 7) is 0. The van der Waals surface area contributed by atoms with Crippen LogP contribution in [0.25, 0.3) is 10.9 Å². The van der Waals surface area contributed by atoms with E-state index in [0.717, 1.165) is 17.8 Å². The second kappa shape index (κ2) is 4.24. The van der Waals surface area contributed by atoms with Crippen molar-refractivity contribution in [2.75, 3.05) is 11.0 Å². The summed E-state index contributed by atoms with van der Waals surface area (Å²) in [5.74, 6) is 0. The minimum absolute atomic E-state index is 0.156. The van der Waals surface area contributed by atoms with Gasteiger partial charge in [0.25, 0.3) is 0 Å². The fraction of sp³-hybridized carbons (Fsp3) is 0.125. The Bertz CT molecular complexity index is 737. The van der Waals surface area contributed by atoms with Crippen molar-refractivity contribution in [2.45, 2.75) is 4.90 Å². The highest BCUT2D eigenvalue weighted by atomic mass is 32.2. The monoisotopic (exact) mass is 292 g/mol. The molecule has 1 N–H and O–H groups in total. The summed E-state index contributed by atoms with van der Waals surface area (Å²) in [7, 11) is -6.02. The summed E-state index contributed by atoms with van der Waals surface area (Å²) in [6.07, 6.45) is 1.04. The molecule has 9 heteroatoms. The van der Waals surface area contributed by atoms with Crippen LogP contribution in [0, 0.1) is 0 Å². The van der Waals surface area contributed by atoms with Crippen molar-refractivity contribution in [2.24, 2.45) is 0 Å². The third kappa shape index (κ3) is 2.73. The number of benzene rings is 1. The Labute approximate surface area is 103 Å². The second-order valence-electron chi connectivity index (χ2n) is 3.34. The van der Waals surface area contributed by atoms with Crippen LogP contribution in [0.15, 0.2) is 23.1 Å². The van der Waals surface area contributed by atoms with Gasteiger partial charge in [-0.1, -0.05) is 0 Å². The first kappa shape index (κ1) is 12.3. The Morgan fingerprint density at radius 2 is 2.06 bits per heavy atom. The topological polar surface area (TPSA) is 93.2 Å². The number of fused-ring (bicyclic) bond motifs is 1. The average Bonchev–Trinajstić information content (AvgIpc) is 2.58. The molecule has 0 saturated heterocycles. The number of anilines is 1. The average molecular weight is 292 g/mol. The van der Waals surface area contributed by atoms with E-state index in [1.54, 1.807) is 0 Å². The number of nitrogens with one attached hydrogen (secondary N) is 1. The van der Waals surface area contributed by atoms with Gasteiger partial charge in [-0.15, -0.1) is 0 Å². The van der Waals surface area contributed by atoms with Gasteiger partial charge >= 0.3 is 0 Å². The molecule has 92 valence electrons. The first-order valence-electron chi connectivity index (χ1n) is 4.38. The third-order valence-corrected chi connectivity index (χ3v) is 4.15. The molecule has 1 aromatic heterocycles. The highest BCUT2D eigenvalue weighted by Crippen LogP contribution is 2.29. The van der Waals surface area contributed by atoms with E-state index in [4.69, 9.17) is 0 Å². The van der Waals surface area contributed by atoms with Crippen LogP contribution in [-0.2, 0) is 20.7 Å². The van der Waals surface area contributed by atoms with E-state index in [2.05, 4.69) is 9.10 Å². The molecule has 0 unspecified atom stereocenters. The molecule has 0 aliphatic heterocycles. The molecular formula is C8H8N2O4S3. The highest BCUT2D eigenvalue weighted by molar-refractivity contribution is 7.92. The minimum Gasteiger partial charge on any atom is -0.273 e. The van der Waals surface area contributed by atoms with Crippen molar-refractivity contribution in [3.63, 3.8) is 0 Å². The first-order chi connectivity index (χ1) is 7.87. The van der Waals surface area contributed by atoms with Crippen molar-refractivity contribution < 1.29 is 16.8 Å². The summed E-state index contributed by atoms with van der Waals surface area (Å²) in [4.78, 5) is 0.156. The van der Waals surface area contributed by atoms with Gasteiger partial charge in [-0.05, 0) is 29.7 Å². The maximum atomic E-state index is 11.1. The summed E-state index contributed by atoms with van der Waals surface area (Å²) < 4.78 is 50.1. The standard InChI is InChI=1S/C8H8N2O4S3/c1-17(13,14)10-8-6-3-2-5(16(11)12)4-7(6)9-15-8/h2-4,10,16H,1H3. The molecule has 0 aliphatic carbocycles. The number of aromatic nitrogens is 1. The molecule has 0 amide bonds. The Morgan fingerprint density at radius 1 is 1.35 bits per heavy atom. The molecular weight excluding hydrogens is 284 g/mol. The summed E-state index contributed by atoms with van der Waals surface area (Å²) >= 11 is 0.973. The van der Waals surface area contributed by atoms with Crippen LogP contribution in [0.5, 0.6) is 0 Å². The quantitative estimate of drug-likeness (QED) is 0.810. The van der Waals surface area contributed by atoms with Gasteiger partial charge in [-0.3, -0.25) is 4.72 Å². The van der Waals surface area contributed by atoms with Crippen molar-refractivity contribution in [3.05, 3.63) is 18.2 Å². The van der Waals surface area contributed by atoms with Crippen molar-refractivity contribution in [3.8, 4) is 0 Å². The predicted molar refractivity (Wildman–Crippen MR) is 66.7 cm³/mol. The zero-order chi connectivity index (χ0) is 12.6. The Balaban J connectivity index is 2.56. The van der Waals surface area contributed by atoms with E-state index >= 15 is 0 Å². The molecule has 0 spiro atoms. The molecule has 0 radical (unpaired) electrons. The lowest BCUT2D eigenvalue weighted by molar-refractivity contribution is 0.606. The SMILES string of the molecule is CS(=O)(=O)Nc1snc2cc([SH](=O)=O)ccc12. The molecule has 1 heterocycles. The number of thiol groups is 1. The van der Waals surface area contributed by atoms with Crippen molar-refractivity contribution in [1.29, 1.82) is 0 Å². The summed E-state index contributed by atoms with van der Waals surface area (Å²) in [5, 5.41) is 0.969. The fourth-order valence-electron chi connectivity index (χ4n) is 1.29. The lowest BCUT2D eigenvalue weighted by atomic mass is 10.2. The summed E-state index contributed by atoms with van der Waals surface area (Å²) in [6, 6.07) is 4.35. The molecule has 0 atom stereocenters. The van der Waals surface area contributed by atoms with Gasteiger partial charge in [-0.25, -0.2) is 16.8 Å². The van der Waals surface area contributed by atoms with E-state index in [1.807, 2.05) is 0 Å². The van der Waals surface area contributed by atoms with Gasteiger partial charge in [-0.2, -0.15) is 4.37 Å². The molecule has 1 aromatic carbocycles. The van der Waals surface area contributed by atoms with Crippen molar-refractivity contribution >= 4 is 48.2 Å².